The number of hydrogen-bond donors (Lipinski definition) is 7. The molecule has 0 aliphatic heterocycles. The van der Waals surface area contributed by atoms with E-state index in [4.69, 9.17) is 5.11 Å². The van der Waals surface area contributed by atoms with Crippen molar-refractivity contribution in [1.82, 2.24) is 26.6 Å². The third-order valence-electron chi connectivity index (χ3n) is 8.00. The van der Waals surface area contributed by atoms with E-state index < -0.39 is 59.9 Å². The first-order valence-corrected chi connectivity index (χ1v) is 16.6. The topological polar surface area (TPSA) is 203 Å². The van der Waals surface area contributed by atoms with Crippen LogP contribution in [0.4, 0.5) is 0 Å². The zero-order valence-electron chi connectivity index (χ0n) is 27.9. The van der Waals surface area contributed by atoms with Crippen molar-refractivity contribution >= 4 is 35.5 Å². The Morgan fingerprint density at radius 3 is 1.98 bits per heavy atom. The molecule has 1 aliphatic rings. The molecular formula is C33H61N5O8. The maximum atomic E-state index is 13.5. The molecule has 1 rings (SSSR count). The molecular weight excluding hydrogens is 594 g/mol. The quantitative estimate of drug-likeness (QED) is 0.0869. The van der Waals surface area contributed by atoms with E-state index in [9.17, 15) is 33.9 Å². The van der Waals surface area contributed by atoms with Crippen LogP contribution in [0.2, 0.25) is 0 Å². The fourth-order valence-corrected chi connectivity index (χ4v) is 5.07. The Morgan fingerprint density at radius 1 is 0.804 bits per heavy atom. The minimum atomic E-state index is -1.23. The highest BCUT2D eigenvalue weighted by Crippen LogP contribution is 2.33. The number of nitrogens with one attached hydrogen (secondary N) is 5. The molecule has 1 fully saturated rings. The van der Waals surface area contributed by atoms with Gasteiger partial charge < -0.3 is 36.8 Å². The molecule has 0 aromatic rings. The van der Waals surface area contributed by atoms with Crippen LogP contribution in [0, 0.1) is 17.8 Å². The fourth-order valence-electron chi connectivity index (χ4n) is 5.07. The van der Waals surface area contributed by atoms with E-state index in [1.807, 2.05) is 27.7 Å². The van der Waals surface area contributed by atoms with Gasteiger partial charge in [-0.25, -0.2) is 0 Å². The summed E-state index contributed by atoms with van der Waals surface area (Å²) in [6.07, 6.45) is 2.78. The minimum absolute atomic E-state index is 0. The monoisotopic (exact) mass is 655 g/mol. The Balaban J connectivity index is 0.0000202. The van der Waals surface area contributed by atoms with Crippen molar-refractivity contribution in [3.05, 3.63) is 0 Å². The maximum absolute atomic E-state index is 13.5. The normalized spacial score (nSPS) is 16.4. The molecule has 0 aromatic carbocycles. The van der Waals surface area contributed by atoms with Crippen LogP contribution >= 0.6 is 0 Å². The number of amides is 5. The first-order valence-electron chi connectivity index (χ1n) is 16.6. The molecule has 6 atom stereocenters. The molecule has 0 spiro atoms. The van der Waals surface area contributed by atoms with Gasteiger partial charge in [0.05, 0.1) is 18.6 Å². The van der Waals surface area contributed by atoms with Crippen LogP contribution in [0.1, 0.15) is 120 Å². The summed E-state index contributed by atoms with van der Waals surface area (Å²) in [5.41, 5.74) is 0. The number of aliphatic hydroxyl groups excluding tert-OH is 1. The predicted molar refractivity (Wildman–Crippen MR) is 176 cm³/mol. The van der Waals surface area contributed by atoms with Gasteiger partial charge in [-0.05, 0) is 50.4 Å². The largest absolute Gasteiger partial charge is 0.481 e. The summed E-state index contributed by atoms with van der Waals surface area (Å²) >= 11 is 0. The molecule has 46 heavy (non-hydrogen) atoms. The Kier molecular flexibility index (Phi) is 20.8. The predicted octanol–water partition coefficient (Wildman–Crippen LogP) is 2.40. The van der Waals surface area contributed by atoms with Gasteiger partial charge in [0.25, 0.3) is 0 Å². The lowest BCUT2D eigenvalue weighted by atomic mass is 9.95. The van der Waals surface area contributed by atoms with Crippen molar-refractivity contribution in [3.8, 4) is 0 Å². The Bertz CT molecular complexity index is 987. The molecule has 0 radical (unpaired) electrons. The minimum Gasteiger partial charge on any atom is -0.481 e. The van der Waals surface area contributed by atoms with Crippen LogP contribution in [0.15, 0.2) is 0 Å². The van der Waals surface area contributed by atoms with Crippen LogP contribution in [-0.2, 0) is 28.8 Å². The average molecular weight is 656 g/mol. The van der Waals surface area contributed by atoms with E-state index >= 15 is 0 Å². The van der Waals surface area contributed by atoms with E-state index in [-0.39, 0.29) is 50.9 Å². The molecule has 7 N–H and O–H groups in total. The van der Waals surface area contributed by atoms with Gasteiger partial charge in [-0.15, -0.1) is 0 Å². The van der Waals surface area contributed by atoms with Crippen molar-refractivity contribution < 1.29 is 39.0 Å². The molecule has 0 bridgehead atoms. The second-order valence-corrected chi connectivity index (χ2v) is 12.7. The molecule has 0 aromatic heterocycles. The first-order chi connectivity index (χ1) is 21.2. The molecule has 0 saturated heterocycles. The van der Waals surface area contributed by atoms with Gasteiger partial charge in [0.1, 0.15) is 18.1 Å². The Labute approximate surface area is 275 Å². The fraction of sp³-hybridized carbons (Fsp3) is 0.818. The van der Waals surface area contributed by atoms with Gasteiger partial charge in [0.2, 0.25) is 29.5 Å². The van der Waals surface area contributed by atoms with Gasteiger partial charge in [-0.3, -0.25) is 28.8 Å². The summed E-state index contributed by atoms with van der Waals surface area (Å²) in [6, 6.07) is -3.34. The summed E-state index contributed by atoms with van der Waals surface area (Å²) in [6.45, 7) is 11.6. The number of carboxylic acid groups (broad SMARTS) is 1. The summed E-state index contributed by atoms with van der Waals surface area (Å²) in [7, 11) is 0. The van der Waals surface area contributed by atoms with Crippen molar-refractivity contribution in [2.24, 2.45) is 17.8 Å². The molecule has 5 amide bonds. The summed E-state index contributed by atoms with van der Waals surface area (Å²) in [5, 5.41) is 33.7. The van der Waals surface area contributed by atoms with Gasteiger partial charge in [0, 0.05) is 19.4 Å². The average Bonchev–Trinajstić information content (AvgIpc) is 3.78. The molecule has 266 valence electrons. The lowest BCUT2D eigenvalue weighted by Gasteiger charge is -2.30. The molecule has 0 unspecified atom stereocenters. The second-order valence-electron chi connectivity index (χ2n) is 12.7. The number of carbonyl (C=O) groups is 6. The number of carbonyl (C=O) groups excluding carboxylic acids is 5. The van der Waals surface area contributed by atoms with E-state index in [1.54, 1.807) is 13.8 Å². The third-order valence-corrected chi connectivity index (χ3v) is 8.00. The second kappa shape index (κ2) is 22.3. The number of hydrogen-bond acceptors (Lipinski definition) is 7. The number of likely N-dealkylation sites (N-methyl/N-ethyl adjacent to an activating group) is 1. The molecule has 0 heterocycles. The zero-order valence-corrected chi connectivity index (χ0v) is 27.9. The van der Waals surface area contributed by atoms with E-state index in [0.717, 1.165) is 12.8 Å². The summed E-state index contributed by atoms with van der Waals surface area (Å²) in [5.74, 6) is -3.04. The van der Waals surface area contributed by atoms with Gasteiger partial charge in [-0.1, -0.05) is 67.7 Å². The first kappa shape index (κ1) is 42.8. The van der Waals surface area contributed by atoms with E-state index in [1.165, 1.54) is 0 Å². The van der Waals surface area contributed by atoms with Crippen LogP contribution in [0.3, 0.4) is 0 Å². The van der Waals surface area contributed by atoms with Crippen molar-refractivity contribution in [2.75, 3.05) is 6.54 Å². The highest BCUT2D eigenvalue weighted by Gasteiger charge is 2.34. The highest BCUT2D eigenvalue weighted by molar-refractivity contribution is 5.92. The molecule has 13 heteroatoms. The van der Waals surface area contributed by atoms with Crippen LogP contribution in [0.5, 0.6) is 0 Å². The van der Waals surface area contributed by atoms with Crippen LogP contribution in [0.25, 0.3) is 0 Å². The summed E-state index contributed by atoms with van der Waals surface area (Å²) < 4.78 is 0. The van der Waals surface area contributed by atoms with Gasteiger partial charge in [-0.2, -0.15) is 0 Å². The van der Waals surface area contributed by atoms with Gasteiger partial charge in [0.15, 0.2) is 0 Å². The van der Waals surface area contributed by atoms with Crippen molar-refractivity contribution in [2.45, 2.75) is 150 Å². The lowest BCUT2D eigenvalue weighted by molar-refractivity contribution is -0.137. The maximum Gasteiger partial charge on any atom is 0.303 e. The Hall–Kier alpha value is -3.22. The van der Waals surface area contributed by atoms with E-state index in [2.05, 4.69) is 26.6 Å². The number of aliphatic carboxylic acids is 1. The number of aliphatic hydroxyl groups is 1. The van der Waals surface area contributed by atoms with Crippen molar-refractivity contribution in [3.63, 3.8) is 0 Å². The molecule has 1 saturated carbocycles. The summed E-state index contributed by atoms with van der Waals surface area (Å²) in [4.78, 5) is 75.5. The van der Waals surface area contributed by atoms with E-state index in [0.29, 0.717) is 44.6 Å². The SMILES string of the molecule is C.CCC[C@H](NC(=O)[C@@H](NC(=O)CCCC(=O)O)[C@@H](C)CC)C(=O)N[C@@H](CC(C)C)[C@@H](O)CC(=O)N[C@@H](CC1CC1)C(=O)NCC. The third kappa shape index (κ3) is 16.9. The standard InChI is InChI=1S/C32H57N5O8.CH4/c1-7-11-22(35-32(45)29(20(6)8-2)37-26(39)12-10-13-28(41)42)31(44)36-23(16-19(4)5)25(38)18-27(40)34-24(17-21-14-15-21)30(43)33-9-3;/h19-25,29,38H,7-18H2,1-6H3,(H,33,43)(H,34,40)(H,35,45)(H,36,44)(H,37,39)(H,41,42);1H4/t20-,22-,23-,24-,25-,29-;/m0./s1. The van der Waals surface area contributed by atoms with Crippen LogP contribution in [-0.4, -0.2) is 82.5 Å². The molecule has 1 aliphatic carbocycles. The lowest BCUT2D eigenvalue weighted by Crippen LogP contribution is -2.57. The molecule has 13 nitrogen and oxygen atoms in total. The van der Waals surface area contributed by atoms with Crippen molar-refractivity contribution in [1.29, 1.82) is 0 Å². The number of carboxylic acids is 1. The van der Waals surface area contributed by atoms with Crippen LogP contribution < -0.4 is 26.6 Å². The highest BCUT2D eigenvalue weighted by atomic mass is 16.4. The van der Waals surface area contributed by atoms with Gasteiger partial charge >= 0.3 is 5.97 Å². The number of rotatable bonds is 23. The Morgan fingerprint density at radius 2 is 1.46 bits per heavy atom. The zero-order chi connectivity index (χ0) is 34.1. The smallest absolute Gasteiger partial charge is 0.303 e.